The molecule has 106 valence electrons. The molecule has 0 aliphatic carbocycles. The molecule has 0 aliphatic rings. The number of hydrogen-bond acceptors (Lipinski definition) is 2. The first-order valence-corrected chi connectivity index (χ1v) is 7.57. The van der Waals surface area contributed by atoms with Crippen LogP contribution in [0.1, 0.15) is 22.9 Å². The predicted molar refractivity (Wildman–Crippen MR) is 88.5 cm³/mol. The number of nitrogens with zero attached hydrogens (tertiary/aromatic N) is 2. The quantitative estimate of drug-likeness (QED) is 0.782. The molecule has 0 saturated heterocycles. The molecule has 0 fully saturated rings. The van der Waals surface area contributed by atoms with Crippen molar-refractivity contribution in [3.8, 4) is 5.69 Å². The lowest BCUT2D eigenvalue weighted by Gasteiger charge is -2.15. The molecule has 0 radical (unpaired) electrons. The van der Waals surface area contributed by atoms with Crippen molar-refractivity contribution in [1.29, 1.82) is 0 Å². The molecule has 1 aromatic heterocycles. The fraction of sp³-hybridized carbons (Fsp3) is 0.118. The fourth-order valence-corrected chi connectivity index (χ4v) is 2.61. The van der Waals surface area contributed by atoms with Crippen molar-refractivity contribution in [1.82, 2.24) is 9.78 Å². The average Bonchev–Trinajstić information content (AvgIpc) is 2.99. The number of halogens is 1. The third-order valence-electron chi connectivity index (χ3n) is 3.53. The average molecular weight is 342 g/mol. The molecule has 0 spiro atoms. The SMILES string of the molecule is Cc1cc(C(N)c2ccnn2-c2ccccc2)ccc1Br. The molecule has 2 N–H and O–H groups in total. The zero-order valence-corrected chi connectivity index (χ0v) is 13.3. The summed E-state index contributed by atoms with van der Waals surface area (Å²) in [4.78, 5) is 0. The summed E-state index contributed by atoms with van der Waals surface area (Å²) in [5.74, 6) is 0. The summed E-state index contributed by atoms with van der Waals surface area (Å²) in [7, 11) is 0. The van der Waals surface area contributed by atoms with Gasteiger partial charge in [0.25, 0.3) is 0 Å². The van der Waals surface area contributed by atoms with Gasteiger partial charge in [-0.1, -0.05) is 46.3 Å². The van der Waals surface area contributed by atoms with Crippen molar-refractivity contribution >= 4 is 15.9 Å². The minimum absolute atomic E-state index is 0.209. The number of rotatable bonds is 3. The molecule has 1 atom stereocenters. The Balaban J connectivity index is 2.01. The second kappa shape index (κ2) is 5.84. The molecule has 4 heteroatoms. The van der Waals surface area contributed by atoms with E-state index < -0.39 is 0 Å². The Kier molecular flexibility index (Phi) is 3.90. The summed E-state index contributed by atoms with van der Waals surface area (Å²) >= 11 is 3.52. The van der Waals surface area contributed by atoms with E-state index in [1.165, 1.54) is 5.56 Å². The largest absolute Gasteiger partial charge is 0.319 e. The third kappa shape index (κ3) is 2.77. The summed E-state index contributed by atoms with van der Waals surface area (Å²) in [5.41, 5.74) is 10.7. The van der Waals surface area contributed by atoms with E-state index >= 15 is 0 Å². The normalized spacial score (nSPS) is 12.3. The van der Waals surface area contributed by atoms with Crippen LogP contribution in [-0.4, -0.2) is 9.78 Å². The minimum atomic E-state index is -0.209. The molecule has 1 heterocycles. The van der Waals surface area contributed by atoms with Crippen molar-refractivity contribution in [2.45, 2.75) is 13.0 Å². The molecule has 0 aliphatic heterocycles. The Morgan fingerprint density at radius 2 is 1.86 bits per heavy atom. The Labute approximate surface area is 132 Å². The lowest BCUT2D eigenvalue weighted by Crippen LogP contribution is -2.16. The highest BCUT2D eigenvalue weighted by Gasteiger charge is 2.15. The second-order valence-electron chi connectivity index (χ2n) is 4.99. The second-order valence-corrected chi connectivity index (χ2v) is 5.84. The van der Waals surface area contributed by atoms with Gasteiger partial charge < -0.3 is 5.73 Å². The van der Waals surface area contributed by atoms with Crippen LogP contribution in [0.25, 0.3) is 5.69 Å². The van der Waals surface area contributed by atoms with Crippen LogP contribution < -0.4 is 5.73 Å². The van der Waals surface area contributed by atoms with Gasteiger partial charge in [0.15, 0.2) is 0 Å². The van der Waals surface area contributed by atoms with Crippen molar-refractivity contribution in [2.24, 2.45) is 5.73 Å². The summed E-state index contributed by atoms with van der Waals surface area (Å²) in [6.45, 7) is 2.06. The molecule has 3 nitrogen and oxygen atoms in total. The van der Waals surface area contributed by atoms with Gasteiger partial charge in [0, 0.05) is 10.7 Å². The van der Waals surface area contributed by atoms with E-state index in [2.05, 4.69) is 34.0 Å². The maximum absolute atomic E-state index is 6.44. The molecule has 0 bridgehead atoms. The van der Waals surface area contributed by atoms with Gasteiger partial charge in [0.1, 0.15) is 0 Å². The van der Waals surface area contributed by atoms with E-state index in [1.807, 2.05) is 53.2 Å². The standard InChI is InChI=1S/C17H16BrN3/c1-12-11-13(7-8-15(12)18)17(19)16-9-10-20-21(16)14-5-3-2-4-6-14/h2-11,17H,19H2,1H3. The fourth-order valence-electron chi connectivity index (χ4n) is 2.37. The molecule has 2 aromatic carbocycles. The van der Waals surface area contributed by atoms with Gasteiger partial charge in [0.2, 0.25) is 0 Å². The van der Waals surface area contributed by atoms with Crippen molar-refractivity contribution < 1.29 is 0 Å². The first-order chi connectivity index (χ1) is 10.2. The molecule has 21 heavy (non-hydrogen) atoms. The number of nitrogens with two attached hydrogens (primary N) is 1. The third-order valence-corrected chi connectivity index (χ3v) is 4.42. The van der Waals surface area contributed by atoms with Gasteiger partial charge >= 0.3 is 0 Å². The molecule has 0 saturated carbocycles. The highest BCUT2D eigenvalue weighted by atomic mass is 79.9. The topological polar surface area (TPSA) is 43.8 Å². The highest BCUT2D eigenvalue weighted by Crippen LogP contribution is 2.25. The van der Waals surface area contributed by atoms with E-state index in [9.17, 15) is 0 Å². The van der Waals surface area contributed by atoms with Crippen molar-refractivity contribution in [3.63, 3.8) is 0 Å². The molecule has 0 amide bonds. The smallest absolute Gasteiger partial charge is 0.0727 e. The van der Waals surface area contributed by atoms with E-state index in [-0.39, 0.29) is 6.04 Å². The Hall–Kier alpha value is -1.91. The maximum atomic E-state index is 6.44. The number of hydrogen-bond donors (Lipinski definition) is 1. The van der Waals surface area contributed by atoms with Crippen LogP contribution in [0.4, 0.5) is 0 Å². The first-order valence-electron chi connectivity index (χ1n) is 6.78. The van der Waals surface area contributed by atoms with Crippen LogP contribution in [0.5, 0.6) is 0 Å². The van der Waals surface area contributed by atoms with E-state index in [1.54, 1.807) is 6.20 Å². The van der Waals surface area contributed by atoms with Crippen LogP contribution in [-0.2, 0) is 0 Å². The Morgan fingerprint density at radius 3 is 2.57 bits per heavy atom. The van der Waals surface area contributed by atoms with Crippen molar-refractivity contribution in [2.75, 3.05) is 0 Å². The minimum Gasteiger partial charge on any atom is -0.319 e. The predicted octanol–water partition coefficient (Wildman–Crippen LogP) is 3.99. The Bertz CT molecular complexity index is 750. The molecule has 3 rings (SSSR count). The van der Waals surface area contributed by atoms with Crippen molar-refractivity contribution in [3.05, 3.63) is 82.1 Å². The maximum Gasteiger partial charge on any atom is 0.0727 e. The highest BCUT2D eigenvalue weighted by molar-refractivity contribution is 9.10. The van der Waals surface area contributed by atoms with Gasteiger partial charge in [-0.05, 0) is 42.3 Å². The first kappa shape index (κ1) is 14.0. The molecular weight excluding hydrogens is 326 g/mol. The van der Waals surface area contributed by atoms with Gasteiger partial charge in [-0.25, -0.2) is 4.68 Å². The zero-order valence-electron chi connectivity index (χ0n) is 11.7. The lowest BCUT2D eigenvalue weighted by molar-refractivity contribution is 0.739. The van der Waals surface area contributed by atoms with E-state index in [0.717, 1.165) is 21.4 Å². The van der Waals surface area contributed by atoms with Gasteiger partial charge in [-0.15, -0.1) is 0 Å². The molecular formula is C17H16BrN3. The summed E-state index contributed by atoms with van der Waals surface area (Å²) in [5, 5.41) is 4.40. The summed E-state index contributed by atoms with van der Waals surface area (Å²) in [6.07, 6.45) is 1.79. The van der Waals surface area contributed by atoms with Gasteiger partial charge in [-0.3, -0.25) is 0 Å². The molecule has 1 unspecified atom stereocenters. The molecule has 3 aromatic rings. The monoisotopic (exact) mass is 341 g/mol. The van der Waals surface area contributed by atoms with Crippen LogP contribution in [0.2, 0.25) is 0 Å². The summed E-state index contributed by atoms with van der Waals surface area (Å²) in [6, 6.07) is 18.0. The number of benzene rings is 2. The zero-order chi connectivity index (χ0) is 14.8. The number of aryl methyl sites for hydroxylation is 1. The lowest BCUT2D eigenvalue weighted by atomic mass is 10.0. The van der Waals surface area contributed by atoms with Crippen LogP contribution in [0, 0.1) is 6.92 Å². The Morgan fingerprint density at radius 1 is 1.10 bits per heavy atom. The van der Waals surface area contributed by atoms with E-state index in [0.29, 0.717) is 0 Å². The van der Waals surface area contributed by atoms with Crippen LogP contribution >= 0.6 is 15.9 Å². The van der Waals surface area contributed by atoms with Gasteiger partial charge in [0.05, 0.1) is 17.4 Å². The number of para-hydroxylation sites is 1. The van der Waals surface area contributed by atoms with Crippen LogP contribution in [0.15, 0.2) is 65.3 Å². The van der Waals surface area contributed by atoms with Gasteiger partial charge in [-0.2, -0.15) is 5.10 Å². The van der Waals surface area contributed by atoms with Crippen LogP contribution in [0.3, 0.4) is 0 Å². The number of aromatic nitrogens is 2. The summed E-state index contributed by atoms with van der Waals surface area (Å²) < 4.78 is 2.98. The van der Waals surface area contributed by atoms with E-state index in [4.69, 9.17) is 5.73 Å².